The number of hydrogen-bond donors (Lipinski definition) is 1. The van der Waals surface area contributed by atoms with Crippen LogP contribution in [0.1, 0.15) is 85.4 Å². The molecule has 2 bridgehead atoms. The molecule has 1 aromatic heterocycles. The number of carbonyl (C=O) groups is 1. The van der Waals surface area contributed by atoms with Crippen molar-refractivity contribution in [3.05, 3.63) is 33.4 Å². The molecule has 0 saturated carbocycles. The van der Waals surface area contributed by atoms with Gasteiger partial charge >= 0.3 is 5.63 Å². The monoisotopic (exact) mass is 358 g/mol. The van der Waals surface area contributed by atoms with Crippen LogP contribution in [-0.2, 0) is 0 Å². The molecule has 0 aromatic carbocycles. The number of aryl methyl sites for hydroxylation is 1. The highest BCUT2D eigenvalue weighted by atomic mass is 16.4. The highest BCUT2D eigenvalue weighted by Crippen LogP contribution is 2.34. The van der Waals surface area contributed by atoms with Crippen LogP contribution in [0.5, 0.6) is 0 Å². The first-order chi connectivity index (χ1) is 12.6. The smallest absolute Gasteiger partial charge is 0.349 e. The Morgan fingerprint density at radius 2 is 1.77 bits per heavy atom. The van der Waals surface area contributed by atoms with Crippen molar-refractivity contribution in [2.24, 2.45) is 0 Å². The van der Waals surface area contributed by atoms with Crippen molar-refractivity contribution in [3.8, 4) is 0 Å². The first-order valence-electron chi connectivity index (χ1n) is 10.3. The predicted octanol–water partition coefficient (Wildman–Crippen LogP) is 3.35. The van der Waals surface area contributed by atoms with Crippen molar-refractivity contribution in [3.63, 3.8) is 0 Å². The van der Waals surface area contributed by atoms with Crippen LogP contribution in [0.15, 0.2) is 15.3 Å². The molecule has 3 aliphatic heterocycles. The van der Waals surface area contributed by atoms with Crippen LogP contribution in [0.3, 0.4) is 0 Å². The minimum atomic E-state index is -0.446. The van der Waals surface area contributed by atoms with E-state index in [1.165, 1.54) is 19.3 Å². The first-order valence-corrected chi connectivity index (χ1v) is 10.3. The van der Waals surface area contributed by atoms with Gasteiger partial charge in [0.1, 0.15) is 11.3 Å². The Morgan fingerprint density at radius 1 is 1.08 bits per heavy atom. The van der Waals surface area contributed by atoms with Crippen LogP contribution in [-0.4, -0.2) is 36.0 Å². The molecule has 3 unspecified atom stereocenters. The van der Waals surface area contributed by atoms with Gasteiger partial charge in [-0.2, -0.15) is 0 Å². The summed E-state index contributed by atoms with van der Waals surface area (Å²) in [6, 6.07) is 2.52. The highest BCUT2D eigenvalue weighted by molar-refractivity contribution is 5.95. The lowest BCUT2D eigenvalue weighted by molar-refractivity contribution is 0.0454. The summed E-state index contributed by atoms with van der Waals surface area (Å²) < 4.78 is 5.65. The highest BCUT2D eigenvalue weighted by Gasteiger charge is 2.37. The van der Waals surface area contributed by atoms with Gasteiger partial charge in [-0.3, -0.25) is 4.79 Å². The van der Waals surface area contributed by atoms with Gasteiger partial charge in [0, 0.05) is 24.5 Å². The van der Waals surface area contributed by atoms with Gasteiger partial charge in [-0.1, -0.05) is 12.8 Å². The molecule has 26 heavy (non-hydrogen) atoms. The molecule has 142 valence electrons. The van der Waals surface area contributed by atoms with E-state index in [-0.39, 0.29) is 17.4 Å². The number of piperidine rings is 2. The van der Waals surface area contributed by atoms with Crippen LogP contribution in [0.4, 0.5) is 0 Å². The Morgan fingerprint density at radius 3 is 2.38 bits per heavy atom. The predicted molar refractivity (Wildman–Crippen MR) is 101 cm³/mol. The van der Waals surface area contributed by atoms with Crippen LogP contribution < -0.4 is 10.9 Å². The molecule has 0 aliphatic carbocycles. The summed E-state index contributed by atoms with van der Waals surface area (Å²) in [5.74, 6) is 0.866. The molecule has 1 amide bonds. The van der Waals surface area contributed by atoms with Gasteiger partial charge in [0.25, 0.3) is 5.91 Å². The molecule has 3 aliphatic rings. The lowest BCUT2D eigenvalue weighted by Gasteiger charge is -2.40. The molecule has 0 radical (unpaired) electrons. The van der Waals surface area contributed by atoms with Crippen LogP contribution in [0.25, 0.3) is 0 Å². The van der Waals surface area contributed by atoms with Crippen LogP contribution >= 0.6 is 0 Å². The Kier molecular flexibility index (Phi) is 5.16. The van der Waals surface area contributed by atoms with E-state index in [1.807, 2.05) is 17.9 Å². The summed E-state index contributed by atoms with van der Waals surface area (Å²) in [6.45, 7) is 3.75. The lowest BCUT2D eigenvalue weighted by Crippen LogP contribution is -2.50. The SMILES string of the molecule is Cc1cc(C2CCCNC2)oc(=O)c1C(=O)N1C2CCCCC1CCC2. The van der Waals surface area contributed by atoms with E-state index < -0.39 is 5.63 Å². The zero-order valence-electron chi connectivity index (χ0n) is 15.8. The molecular formula is C21H30N2O3. The van der Waals surface area contributed by atoms with Gasteiger partial charge in [0.15, 0.2) is 0 Å². The maximum atomic E-state index is 13.3. The second kappa shape index (κ2) is 7.55. The Hall–Kier alpha value is -1.62. The fourth-order valence-electron chi connectivity index (χ4n) is 5.14. The summed E-state index contributed by atoms with van der Waals surface area (Å²) in [5, 5.41) is 3.36. The summed E-state index contributed by atoms with van der Waals surface area (Å²) in [5.41, 5.74) is 0.586. The van der Waals surface area contributed by atoms with Crippen molar-refractivity contribution in [2.75, 3.05) is 13.1 Å². The summed E-state index contributed by atoms with van der Waals surface area (Å²) in [7, 11) is 0. The molecule has 0 spiro atoms. The van der Waals surface area contributed by atoms with Crippen molar-refractivity contribution in [1.29, 1.82) is 0 Å². The Bertz CT molecular complexity index is 706. The average molecular weight is 358 g/mol. The van der Waals surface area contributed by atoms with E-state index in [0.717, 1.165) is 62.9 Å². The minimum absolute atomic E-state index is 0.0961. The normalized spacial score (nSPS) is 29.3. The number of amides is 1. The quantitative estimate of drug-likeness (QED) is 0.881. The van der Waals surface area contributed by atoms with Crippen molar-refractivity contribution >= 4 is 5.91 Å². The number of nitrogens with zero attached hydrogens (tertiary/aromatic N) is 1. The summed E-state index contributed by atoms with van der Waals surface area (Å²) in [4.78, 5) is 28.1. The number of nitrogens with one attached hydrogen (secondary N) is 1. The van der Waals surface area contributed by atoms with Crippen molar-refractivity contribution in [1.82, 2.24) is 10.2 Å². The maximum absolute atomic E-state index is 13.3. The van der Waals surface area contributed by atoms with E-state index in [9.17, 15) is 9.59 Å². The fourth-order valence-corrected chi connectivity index (χ4v) is 5.14. The molecule has 3 saturated heterocycles. The molecule has 5 nitrogen and oxygen atoms in total. The van der Waals surface area contributed by atoms with E-state index in [0.29, 0.717) is 12.1 Å². The minimum Gasteiger partial charge on any atom is -0.427 e. The number of carbonyl (C=O) groups excluding carboxylic acids is 1. The Balaban J connectivity index is 1.64. The third-order valence-electron chi connectivity index (χ3n) is 6.50. The standard InChI is InChI=1S/C21H30N2O3/c1-14-12-18(15-6-5-11-22-13-15)26-21(25)19(14)20(24)23-16-7-2-3-8-17(23)10-4-9-16/h12,15-17,22H,2-11,13H2,1H3. The van der Waals surface area contributed by atoms with Gasteiger partial charge in [-0.05, 0) is 70.0 Å². The first kappa shape index (κ1) is 17.8. The topological polar surface area (TPSA) is 62.6 Å². The van der Waals surface area contributed by atoms with Gasteiger partial charge in [-0.25, -0.2) is 4.79 Å². The third-order valence-corrected chi connectivity index (χ3v) is 6.50. The molecule has 1 aromatic rings. The molecule has 5 heteroatoms. The zero-order valence-corrected chi connectivity index (χ0v) is 15.8. The van der Waals surface area contributed by atoms with E-state index in [4.69, 9.17) is 4.42 Å². The lowest BCUT2D eigenvalue weighted by atomic mass is 9.92. The molecule has 4 rings (SSSR count). The second-order valence-corrected chi connectivity index (χ2v) is 8.27. The molecular weight excluding hydrogens is 328 g/mol. The van der Waals surface area contributed by atoms with E-state index >= 15 is 0 Å². The van der Waals surface area contributed by atoms with Gasteiger partial charge in [-0.15, -0.1) is 0 Å². The Labute approximate surface area is 155 Å². The molecule has 1 N–H and O–H groups in total. The fraction of sp³-hybridized carbons (Fsp3) is 0.714. The summed E-state index contributed by atoms with van der Waals surface area (Å²) >= 11 is 0. The van der Waals surface area contributed by atoms with Crippen molar-refractivity contribution < 1.29 is 9.21 Å². The summed E-state index contributed by atoms with van der Waals surface area (Å²) in [6.07, 6.45) is 9.95. The van der Waals surface area contributed by atoms with Crippen LogP contribution in [0.2, 0.25) is 0 Å². The van der Waals surface area contributed by atoms with E-state index in [2.05, 4.69) is 5.32 Å². The van der Waals surface area contributed by atoms with Gasteiger partial charge in [0.05, 0.1) is 0 Å². The van der Waals surface area contributed by atoms with E-state index in [1.54, 1.807) is 0 Å². The average Bonchev–Trinajstić information content (AvgIpc) is 2.76. The third kappa shape index (κ3) is 3.34. The molecule has 4 heterocycles. The number of fused-ring (bicyclic) bond motifs is 2. The molecule has 3 fully saturated rings. The second-order valence-electron chi connectivity index (χ2n) is 8.27. The molecule has 3 atom stereocenters. The van der Waals surface area contributed by atoms with Gasteiger partial charge in [0.2, 0.25) is 0 Å². The number of hydrogen-bond acceptors (Lipinski definition) is 4. The van der Waals surface area contributed by atoms with Gasteiger partial charge < -0.3 is 14.6 Å². The van der Waals surface area contributed by atoms with Crippen LogP contribution in [0, 0.1) is 6.92 Å². The number of rotatable bonds is 2. The zero-order chi connectivity index (χ0) is 18.1. The van der Waals surface area contributed by atoms with Crippen molar-refractivity contribution in [2.45, 2.75) is 82.7 Å². The maximum Gasteiger partial charge on any atom is 0.349 e. The largest absolute Gasteiger partial charge is 0.427 e.